The van der Waals surface area contributed by atoms with Gasteiger partial charge in [-0.15, -0.1) is 0 Å². The lowest BCUT2D eigenvalue weighted by Gasteiger charge is -2.36. The van der Waals surface area contributed by atoms with Crippen LogP contribution in [-0.4, -0.2) is 20.3 Å². The van der Waals surface area contributed by atoms with E-state index in [9.17, 15) is 0 Å². The largest absolute Gasteiger partial charge is 0.447 e. The van der Waals surface area contributed by atoms with Gasteiger partial charge in [-0.3, -0.25) is 0 Å². The van der Waals surface area contributed by atoms with Gasteiger partial charge in [-0.05, 0) is 35.9 Å². The molecule has 0 aliphatic carbocycles. The highest BCUT2D eigenvalue weighted by Gasteiger charge is 2.36. The van der Waals surface area contributed by atoms with Crippen molar-refractivity contribution >= 4 is 10.9 Å². The zero-order chi connectivity index (χ0) is 19.1. The Balaban J connectivity index is 1.44. The number of aromatic nitrogens is 1. The number of fused-ring (bicyclic) bond motifs is 2. The highest BCUT2D eigenvalue weighted by Crippen LogP contribution is 2.45. The third kappa shape index (κ3) is 2.82. The van der Waals surface area contributed by atoms with Crippen molar-refractivity contribution in [3.05, 3.63) is 65.9 Å². The summed E-state index contributed by atoms with van der Waals surface area (Å²) in [6.07, 6.45) is 3.29. The standard InChI is InChI=1S/C23H24NO4/c1-24-11-3-4-16-14-17(5-7-19(16)24)22-27-20-8-6-18(15-21(20)28-22)23(25-2)9-12-26-13-10-23/h3-8,11,14-15,22H,9-10,12-13H2,1-2H3/q+1. The van der Waals surface area contributed by atoms with Crippen LogP contribution in [0.1, 0.15) is 30.3 Å². The number of pyridine rings is 1. The Bertz CT molecular complexity index is 1030. The molecular formula is C23H24NO4+. The maximum Gasteiger partial charge on any atom is 0.268 e. The van der Waals surface area contributed by atoms with Crippen molar-refractivity contribution in [1.29, 1.82) is 0 Å². The summed E-state index contributed by atoms with van der Waals surface area (Å²) in [5, 5.41) is 1.16. The normalized spacial score (nSPS) is 20.4. The molecular weight excluding hydrogens is 354 g/mol. The molecule has 0 amide bonds. The van der Waals surface area contributed by atoms with Gasteiger partial charge in [0.15, 0.2) is 17.7 Å². The number of nitrogens with zero attached hydrogens (tertiary/aromatic N) is 1. The molecule has 28 heavy (non-hydrogen) atoms. The third-order valence-corrected chi connectivity index (χ3v) is 5.92. The number of rotatable bonds is 3. The third-order valence-electron chi connectivity index (χ3n) is 5.92. The fourth-order valence-electron chi connectivity index (χ4n) is 4.21. The fraction of sp³-hybridized carbons (Fsp3) is 0.348. The van der Waals surface area contributed by atoms with Crippen molar-refractivity contribution in [1.82, 2.24) is 0 Å². The van der Waals surface area contributed by atoms with Gasteiger partial charge in [0, 0.05) is 56.2 Å². The van der Waals surface area contributed by atoms with E-state index < -0.39 is 6.29 Å². The minimum Gasteiger partial charge on any atom is -0.447 e. The van der Waals surface area contributed by atoms with E-state index in [0.717, 1.165) is 40.9 Å². The van der Waals surface area contributed by atoms with Crippen molar-refractivity contribution < 1.29 is 23.5 Å². The molecule has 5 nitrogen and oxygen atoms in total. The number of benzene rings is 2. The molecule has 2 aliphatic heterocycles. The van der Waals surface area contributed by atoms with Gasteiger partial charge in [0.05, 0.1) is 5.60 Å². The van der Waals surface area contributed by atoms with Crippen LogP contribution in [0, 0.1) is 0 Å². The van der Waals surface area contributed by atoms with Gasteiger partial charge in [-0.25, -0.2) is 4.57 Å². The first kappa shape index (κ1) is 17.5. The Morgan fingerprint density at radius 1 is 1.00 bits per heavy atom. The first-order chi connectivity index (χ1) is 13.7. The lowest BCUT2D eigenvalue weighted by Crippen LogP contribution is -2.35. The Hall–Kier alpha value is -2.63. The quantitative estimate of drug-likeness (QED) is 0.651. The Morgan fingerprint density at radius 2 is 1.82 bits per heavy atom. The van der Waals surface area contributed by atoms with Crippen LogP contribution in [0.15, 0.2) is 54.7 Å². The van der Waals surface area contributed by atoms with Gasteiger partial charge < -0.3 is 18.9 Å². The predicted molar refractivity (Wildman–Crippen MR) is 104 cm³/mol. The van der Waals surface area contributed by atoms with Gasteiger partial charge in [0.25, 0.3) is 6.29 Å². The van der Waals surface area contributed by atoms with E-state index in [1.807, 2.05) is 25.4 Å². The highest BCUT2D eigenvalue weighted by molar-refractivity contribution is 5.76. The minimum absolute atomic E-state index is 0.313. The molecule has 0 bridgehead atoms. The Labute approximate surface area is 164 Å². The molecule has 1 fully saturated rings. The van der Waals surface area contributed by atoms with E-state index in [4.69, 9.17) is 18.9 Å². The van der Waals surface area contributed by atoms with Crippen molar-refractivity contribution in [3.63, 3.8) is 0 Å². The number of methoxy groups -OCH3 is 1. The molecule has 0 spiro atoms. The zero-order valence-electron chi connectivity index (χ0n) is 16.2. The van der Waals surface area contributed by atoms with E-state index in [1.54, 1.807) is 7.11 Å². The smallest absolute Gasteiger partial charge is 0.268 e. The maximum absolute atomic E-state index is 6.18. The predicted octanol–water partition coefficient (Wildman–Crippen LogP) is 3.79. The molecule has 2 aliphatic rings. The van der Waals surface area contributed by atoms with E-state index in [2.05, 4.69) is 41.0 Å². The Kier molecular flexibility index (Phi) is 4.22. The van der Waals surface area contributed by atoms with Crippen LogP contribution in [0.5, 0.6) is 11.5 Å². The SMILES string of the molecule is COC1(c2ccc3c(c2)OC(c2ccc4c(ccc[n+]4C)c2)O3)CCOCC1. The molecule has 1 unspecified atom stereocenters. The van der Waals surface area contributed by atoms with Crippen molar-refractivity contribution in [2.75, 3.05) is 20.3 Å². The lowest BCUT2D eigenvalue weighted by molar-refractivity contribution is -0.644. The van der Waals surface area contributed by atoms with Crippen LogP contribution in [-0.2, 0) is 22.1 Å². The fourth-order valence-corrected chi connectivity index (χ4v) is 4.21. The van der Waals surface area contributed by atoms with Gasteiger partial charge >= 0.3 is 0 Å². The van der Waals surface area contributed by atoms with E-state index in [0.29, 0.717) is 13.2 Å². The summed E-state index contributed by atoms with van der Waals surface area (Å²) in [6, 6.07) is 16.6. The molecule has 3 heterocycles. The second-order valence-corrected chi connectivity index (χ2v) is 7.48. The van der Waals surface area contributed by atoms with Crippen molar-refractivity contribution in [2.24, 2.45) is 7.05 Å². The van der Waals surface area contributed by atoms with Crippen LogP contribution in [0.2, 0.25) is 0 Å². The summed E-state index contributed by atoms with van der Waals surface area (Å²) in [5.41, 5.74) is 2.98. The van der Waals surface area contributed by atoms with E-state index in [-0.39, 0.29) is 5.60 Å². The minimum atomic E-state index is -0.437. The van der Waals surface area contributed by atoms with Crippen LogP contribution < -0.4 is 14.0 Å². The summed E-state index contributed by atoms with van der Waals surface area (Å²) >= 11 is 0. The van der Waals surface area contributed by atoms with Crippen molar-refractivity contribution in [3.8, 4) is 11.5 Å². The molecule has 1 aromatic heterocycles. The second kappa shape index (κ2) is 6.76. The number of aryl methyl sites for hydroxylation is 1. The second-order valence-electron chi connectivity index (χ2n) is 7.48. The molecule has 0 N–H and O–H groups in total. The molecule has 5 heteroatoms. The van der Waals surface area contributed by atoms with Gasteiger partial charge in [-0.1, -0.05) is 6.07 Å². The molecule has 0 radical (unpaired) electrons. The molecule has 144 valence electrons. The van der Waals surface area contributed by atoms with Crippen LogP contribution in [0.3, 0.4) is 0 Å². The topological polar surface area (TPSA) is 40.8 Å². The lowest BCUT2D eigenvalue weighted by atomic mass is 9.86. The van der Waals surface area contributed by atoms with Crippen LogP contribution >= 0.6 is 0 Å². The molecule has 2 aromatic carbocycles. The summed E-state index contributed by atoms with van der Waals surface area (Å²) in [6.45, 7) is 1.42. The molecule has 1 saturated heterocycles. The first-order valence-electron chi connectivity index (χ1n) is 9.68. The molecule has 1 atom stereocenters. The van der Waals surface area contributed by atoms with Crippen LogP contribution in [0.4, 0.5) is 0 Å². The van der Waals surface area contributed by atoms with Gasteiger partial charge in [0.1, 0.15) is 7.05 Å². The van der Waals surface area contributed by atoms with Gasteiger partial charge in [0.2, 0.25) is 5.52 Å². The molecule has 0 saturated carbocycles. The molecule has 5 rings (SSSR count). The Morgan fingerprint density at radius 3 is 2.64 bits per heavy atom. The van der Waals surface area contributed by atoms with Crippen LogP contribution in [0.25, 0.3) is 10.9 Å². The maximum atomic E-state index is 6.18. The van der Waals surface area contributed by atoms with Crippen molar-refractivity contribution in [2.45, 2.75) is 24.7 Å². The average Bonchev–Trinajstić information content (AvgIpc) is 3.17. The summed E-state index contributed by atoms with van der Waals surface area (Å²) in [5.74, 6) is 1.54. The van der Waals surface area contributed by atoms with Gasteiger partial charge in [-0.2, -0.15) is 0 Å². The monoisotopic (exact) mass is 378 g/mol. The number of hydrogen-bond donors (Lipinski definition) is 0. The zero-order valence-corrected chi connectivity index (χ0v) is 16.2. The average molecular weight is 378 g/mol. The molecule has 3 aromatic rings. The number of ether oxygens (including phenoxy) is 4. The summed E-state index contributed by atoms with van der Waals surface area (Å²) in [7, 11) is 3.82. The highest BCUT2D eigenvalue weighted by atomic mass is 16.7. The number of hydrogen-bond acceptors (Lipinski definition) is 4. The summed E-state index contributed by atoms with van der Waals surface area (Å²) in [4.78, 5) is 0. The first-order valence-corrected chi connectivity index (χ1v) is 9.68. The summed E-state index contributed by atoms with van der Waals surface area (Å²) < 4.78 is 25.8. The van der Waals surface area contributed by atoms with E-state index >= 15 is 0 Å². The van der Waals surface area contributed by atoms with E-state index in [1.165, 1.54) is 5.52 Å².